The van der Waals surface area contributed by atoms with Crippen molar-refractivity contribution in [2.75, 3.05) is 12.0 Å². The molecule has 0 atom stereocenters. The monoisotopic (exact) mass is 217 g/mol. The molecule has 2 aromatic rings. The lowest BCUT2D eigenvalue weighted by atomic mass is 10.1. The van der Waals surface area contributed by atoms with Gasteiger partial charge in [0.15, 0.2) is 0 Å². The number of hydrogen-bond donors (Lipinski definition) is 2. The molecule has 0 amide bonds. The van der Waals surface area contributed by atoms with E-state index in [9.17, 15) is 0 Å². The van der Waals surface area contributed by atoms with Gasteiger partial charge < -0.3 is 10.2 Å². The lowest BCUT2D eigenvalue weighted by Gasteiger charge is -2.08. The van der Waals surface area contributed by atoms with Crippen LogP contribution in [0.2, 0.25) is 0 Å². The molecule has 0 bridgehead atoms. The summed E-state index contributed by atoms with van der Waals surface area (Å²) in [5.41, 5.74) is 2.59. The average Bonchev–Trinajstić information content (AvgIpc) is 2.35. The molecule has 0 aliphatic heterocycles. The lowest BCUT2D eigenvalue weighted by molar-refractivity contribution is 0.318. The van der Waals surface area contributed by atoms with Gasteiger partial charge in [0.05, 0.1) is 6.61 Å². The molecule has 0 unspecified atom stereocenters. The topological polar surface area (TPSA) is 60.2 Å². The standard InChI is InChI=1S/C12H15N3O/c1-2-7-16-10-4-3-9-5-6-14-12(15-13)11(9)8-10/h3-6,8H,2,7,13H2,1H3,(H,14,15). The lowest BCUT2D eigenvalue weighted by Crippen LogP contribution is -2.08. The van der Waals surface area contributed by atoms with Crippen LogP contribution >= 0.6 is 0 Å². The van der Waals surface area contributed by atoms with Crippen LogP contribution < -0.4 is 16.0 Å². The first-order chi connectivity index (χ1) is 7.85. The number of pyridine rings is 1. The highest BCUT2D eigenvalue weighted by molar-refractivity contribution is 5.92. The molecule has 0 saturated carbocycles. The molecule has 3 N–H and O–H groups in total. The van der Waals surface area contributed by atoms with Gasteiger partial charge in [0.1, 0.15) is 11.6 Å². The SMILES string of the molecule is CCCOc1ccc2ccnc(NN)c2c1. The third-order valence-corrected chi connectivity index (χ3v) is 2.35. The summed E-state index contributed by atoms with van der Waals surface area (Å²) in [6.45, 7) is 2.80. The minimum absolute atomic E-state index is 0.666. The first-order valence-electron chi connectivity index (χ1n) is 5.33. The van der Waals surface area contributed by atoms with Gasteiger partial charge in [-0.3, -0.25) is 0 Å². The molecule has 4 nitrogen and oxygen atoms in total. The molecule has 1 aromatic carbocycles. The van der Waals surface area contributed by atoms with Gasteiger partial charge in [0.25, 0.3) is 0 Å². The Bertz CT molecular complexity index is 485. The quantitative estimate of drug-likeness (QED) is 0.609. The number of aromatic nitrogens is 1. The van der Waals surface area contributed by atoms with Crippen LogP contribution in [0.1, 0.15) is 13.3 Å². The fourth-order valence-electron chi connectivity index (χ4n) is 1.57. The van der Waals surface area contributed by atoms with Gasteiger partial charge in [0, 0.05) is 11.6 Å². The number of hydrogen-bond acceptors (Lipinski definition) is 4. The number of rotatable bonds is 4. The van der Waals surface area contributed by atoms with Gasteiger partial charge in [-0.1, -0.05) is 13.0 Å². The van der Waals surface area contributed by atoms with Crippen LogP contribution in [-0.4, -0.2) is 11.6 Å². The number of hydrazine groups is 1. The van der Waals surface area contributed by atoms with Gasteiger partial charge >= 0.3 is 0 Å². The second-order valence-corrected chi connectivity index (χ2v) is 3.54. The van der Waals surface area contributed by atoms with Crippen LogP contribution in [0.25, 0.3) is 10.8 Å². The Kier molecular flexibility index (Phi) is 3.22. The largest absolute Gasteiger partial charge is 0.494 e. The highest BCUT2D eigenvalue weighted by Crippen LogP contribution is 2.25. The summed E-state index contributed by atoms with van der Waals surface area (Å²) >= 11 is 0. The number of nitrogen functional groups attached to an aromatic ring is 1. The van der Waals surface area contributed by atoms with Crippen LogP contribution in [0.15, 0.2) is 30.5 Å². The second-order valence-electron chi connectivity index (χ2n) is 3.54. The van der Waals surface area contributed by atoms with Crippen molar-refractivity contribution in [1.29, 1.82) is 0 Å². The third kappa shape index (κ3) is 2.06. The summed E-state index contributed by atoms with van der Waals surface area (Å²) in [5, 5.41) is 2.06. The predicted octanol–water partition coefficient (Wildman–Crippen LogP) is 2.31. The molecule has 0 spiro atoms. The maximum atomic E-state index is 5.57. The van der Waals surface area contributed by atoms with Gasteiger partial charge in [-0.15, -0.1) is 0 Å². The normalized spacial score (nSPS) is 10.4. The number of benzene rings is 1. The van der Waals surface area contributed by atoms with E-state index in [0.717, 1.165) is 29.5 Å². The summed E-state index contributed by atoms with van der Waals surface area (Å²) < 4.78 is 5.57. The maximum Gasteiger partial charge on any atom is 0.147 e. The van der Waals surface area contributed by atoms with E-state index in [1.54, 1.807) is 6.20 Å². The fraction of sp³-hybridized carbons (Fsp3) is 0.250. The van der Waals surface area contributed by atoms with Gasteiger partial charge in [-0.2, -0.15) is 0 Å². The Balaban J connectivity index is 2.42. The average molecular weight is 217 g/mol. The van der Waals surface area contributed by atoms with E-state index < -0.39 is 0 Å². The first-order valence-corrected chi connectivity index (χ1v) is 5.33. The molecule has 0 aliphatic carbocycles. The molecule has 0 saturated heterocycles. The third-order valence-electron chi connectivity index (χ3n) is 2.35. The maximum absolute atomic E-state index is 5.57. The van der Waals surface area contributed by atoms with Crippen molar-refractivity contribution in [2.45, 2.75) is 13.3 Å². The van der Waals surface area contributed by atoms with E-state index in [1.807, 2.05) is 24.3 Å². The van der Waals surface area contributed by atoms with Crippen LogP contribution in [0.3, 0.4) is 0 Å². The number of nitrogens with one attached hydrogen (secondary N) is 1. The smallest absolute Gasteiger partial charge is 0.147 e. The van der Waals surface area contributed by atoms with E-state index in [0.29, 0.717) is 5.82 Å². The number of ether oxygens (including phenoxy) is 1. The first kappa shape index (κ1) is 10.7. The Hall–Kier alpha value is -1.81. The van der Waals surface area contributed by atoms with Crippen molar-refractivity contribution in [3.05, 3.63) is 30.5 Å². The highest BCUT2D eigenvalue weighted by Gasteiger charge is 2.02. The molecule has 84 valence electrons. The number of fused-ring (bicyclic) bond motifs is 1. The van der Waals surface area contributed by atoms with Crippen LogP contribution in [0, 0.1) is 0 Å². The summed E-state index contributed by atoms with van der Waals surface area (Å²) in [6.07, 6.45) is 2.72. The van der Waals surface area contributed by atoms with Crippen molar-refractivity contribution < 1.29 is 4.74 Å². The van der Waals surface area contributed by atoms with Crippen molar-refractivity contribution in [3.63, 3.8) is 0 Å². The van der Waals surface area contributed by atoms with E-state index in [-0.39, 0.29) is 0 Å². The van der Waals surface area contributed by atoms with Crippen molar-refractivity contribution in [1.82, 2.24) is 4.98 Å². The number of anilines is 1. The summed E-state index contributed by atoms with van der Waals surface area (Å²) in [4.78, 5) is 4.16. The molecule has 0 aliphatic rings. The van der Waals surface area contributed by atoms with Gasteiger partial charge in [-0.05, 0) is 30.0 Å². The predicted molar refractivity (Wildman–Crippen MR) is 65.3 cm³/mol. The van der Waals surface area contributed by atoms with Crippen molar-refractivity contribution >= 4 is 16.6 Å². The zero-order valence-corrected chi connectivity index (χ0v) is 9.23. The zero-order valence-electron chi connectivity index (χ0n) is 9.23. The van der Waals surface area contributed by atoms with Crippen LogP contribution in [0.5, 0.6) is 5.75 Å². The number of nitrogens with zero attached hydrogens (tertiary/aromatic N) is 1. The molecular formula is C12H15N3O. The highest BCUT2D eigenvalue weighted by atomic mass is 16.5. The van der Waals surface area contributed by atoms with Gasteiger partial charge in [-0.25, -0.2) is 10.8 Å². The zero-order chi connectivity index (χ0) is 11.4. The Labute approximate surface area is 94.4 Å². The van der Waals surface area contributed by atoms with E-state index >= 15 is 0 Å². The van der Waals surface area contributed by atoms with E-state index in [1.165, 1.54) is 0 Å². The molecule has 0 radical (unpaired) electrons. The Morgan fingerprint density at radius 2 is 2.25 bits per heavy atom. The Morgan fingerprint density at radius 3 is 3.00 bits per heavy atom. The fourth-order valence-corrected chi connectivity index (χ4v) is 1.57. The summed E-state index contributed by atoms with van der Waals surface area (Å²) in [7, 11) is 0. The molecule has 16 heavy (non-hydrogen) atoms. The molecular weight excluding hydrogens is 202 g/mol. The van der Waals surface area contributed by atoms with E-state index in [2.05, 4.69) is 17.3 Å². The van der Waals surface area contributed by atoms with Crippen molar-refractivity contribution in [3.8, 4) is 5.75 Å². The molecule has 0 fully saturated rings. The molecule has 1 aromatic heterocycles. The summed E-state index contributed by atoms with van der Waals surface area (Å²) in [6, 6.07) is 7.86. The molecule has 4 heteroatoms. The number of nitrogens with two attached hydrogens (primary N) is 1. The van der Waals surface area contributed by atoms with Gasteiger partial charge in [0.2, 0.25) is 0 Å². The van der Waals surface area contributed by atoms with Crippen LogP contribution in [0.4, 0.5) is 5.82 Å². The van der Waals surface area contributed by atoms with Crippen molar-refractivity contribution in [2.24, 2.45) is 5.84 Å². The van der Waals surface area contributed by atoms with E-state index in [4.69, 9.17) is 10.6 Å². The molecule has 1 heterocycles. The molecule has 2 rings (SSSR count). The minimum Gasteiger partial charge on any atom is -0.494 e. The van der Waals surface area contributed by atoms with Crippen LogP contribution in [-0.2, 0) is 0 Å². The second kappa shape index (κ2) is 4.81. The minimum atomic E-state index is 0.666. The summed E-state index contributed by atoms with van der Waals surface area (Å²) in [5.74, 6) is 6.93. The Morgan fingerprint density at radius 1 is 1.38 bits per heavy atom.